The van der Waals surface area contributed by atoms with E-state index >= 15 is 0 Å². The third kappa shape index (κ3) is 3.67. The van der Waals surface area contributed by atoms with Crippen molar-refractivity contribution in [3.63, 3.8) is 0 Å². The molecule has 0 nitrogen and oxygen atoms in total. The fourth-order valence-electron chi connectivity index (χ4n) is 0.465. The van der Waals surface area contributed by atoms with Crippen LogP contribution >= 0.6 is 15.9 Å². The van der Waals surface area contributed by atoms with Crippen molar-refractivity contribution >= 4 is 15.9 Å². The molecule has 0 saturated carbocycles. The van der Waals surface area contributed by atoms with Gasteiger partial charge >= 0.3 is 0 Å². The number of allylic oxidation sites excluding steroid dienone is 5. The number of hydrogen-bond donors (Lipinski definition) is 0. The highest BCUT2D eigenvalue weighted by Gasteiger charge is 1.89. The van der Waals surface area contributed by atoms with Crippen molar-refractivity contribution < 1.29 is 0 Å². The van der Waals surface area contributed by atoms with E-state index in [1.54, 1.807) is 0 Å². The third-order valence-corrected chi connectivity index (χ3v) is 1.95. The summed E-state index contributed by atoms with van der Waals surface area (Å²) in [7, 11) is 0. The first-order chi connectivity index (χ1) is 4.57. The highest BCUT2D eigenvalue weighted by atomic mass is 79.9. The van der Waals surface area contributed by atoms with Crippen LogP contribution in [0.1, 0.15) is 20.8 Å². The third-order valence-electron chi connectivity index (χ3n) is 1.10. The molecule has 0 aliphatic rings. The van der Waals surface area contributed by atoms with Gasteiger partial charge < -0.3 is 0 Å². The summed E-state index contributed by atoms with van der Waals surface area (Å²) in [6.07, 6.45) is 3.92. The molecule has 0 aromatic rings. The molecule has 10 heavy (non-hydrogen) atoms. The molecule has 0 aromatic carbocycles. The minimum atomic E-state index is 1.11. The first kappa shape index (κ1) is 9.70. The Kier molecular flexibility index (Phi) is 4.37. The standard InChI is InChI=1S/C9H13Br/c1-5-8(4)9(10)6-7(2)3/h5-6H,1H2,2-4H3/b9-8+. The Morgan fingerprint density at radius 2 is 1.80 bits per heavy atom. The smallest absolute Gasteiger partial charge is 0.0203 e. The lowest BCUT2D eigenvalue weighted by atomic mass is 10.2. The van der Waals surface area contributed by atoms with Gasteiger partial charge in [0.05, 0.1) is 0 Å². The van der Waals surface area contributed by atoms with Crippen LogP contribution in [0.3, 0.4) is 0 Å². The highest BCUT2D eigenvalue weighted by molar-refractivity contribution is 9.11. The largest absolute Gasteiger partial charge is 0.0988 e. The molecule has 0 aliphatic heterocycles. The van der Waals surface area contributed by atoms with Crippen LogP contribution in [0.2, 0.25) is 0 Å². The minimum absolute atomic E-state index is 1.11. The van der Waals surface area contributed by atoms with E-state index in [0.717, 1.165) is 4.48 Å². The molecule has 0 amide bonds. The van der Waals surface area contributed by atoms with E-state index in [1.807, 2.05) is 13.0 Å². The molecule has 0 aliphatic carbocycles. The van der Waals surface area contributed by atoms with E-state index in [9.17, 15) is 0 Å². The van der Waals surface area contributed by atoms with Gasteiger partial charge in [-0.3, -0.25) is 0 Å². The molecule has 0 rings (SSSR count). The van der Waals surface area contributed by atoms with Crippen molar-refractivity contribution in [2.45, 2.75) is 20.8 Å². The lowest BCUT2D eigenvalue weighted by Gasteiger charge is -1.94. The lowest BCUT2D eigenvalue weighted by Crippen LogP contribution is -1.72. The van der Waals surface area contributed by atoms with Crippen LogP contribution in [0.15, 0.2) is 34.4 Å². The first-order valence-corrected chi connectivity index (χ1v) is 4.01. The first-order valence-electron chi connectivity index (χ1n) is 3.21. The van der Waals surface area contributed by atoms with Crippen molar-refractivity contribution in [3.8, 4) is 0 Å². The monoisotopic (exact) mass is 200 g/mol. The second kappa shape index (κ2) is 4.51. The molecule has 0 fully saturated rings. The van der Waals surface area contributed by atoms with E-state index in [1.165, 1.54) is 11.1 Å². The van der Waals surface area contributed by atoms with Gasteiger partial charge in [-0.2, -0.15) is 0 Å². The molecule has 0 spiro atoms. The Bertz CT molecular complexity index is 181. The van der Waals surface area contributed by atoms with Crippen LogP contribution in [0.25, 0.3) is 0 Å². The Balaban J connectivity index is 4.48. The maximum Gasteiger partial charge on any atom is 0.0203 e. The fourth-order valence-corrected chi connectivity index (χ4v) is 1.08. The molecule has 0 N–H and O–H groups in total. The molecule has 1 heteroatoms. The van der Waals surface area contributed by atoms with Crippen molar-refractivity contribution in [1.29, 1.82) is 0 Å². The summed E-state index contributed by atoms with van der Waals surface area (Å²) in [6.45, 7) is 9.83. The van der Waals surface area contributed by atoms with Crippen LogP contribution in [-0.4, -0.2) is 0 Å². The SMILES string of the molecule is C=C/C(C)=C(/Br)C=C(C)C. The Hall–Kier alpha value is -0.300. The number of halogens is 1. The Morgan fingerprint density at radius 3 is 2.10 bits per heavy atom. The predicted octanol–water partition coefficient (Wildman–Crippen LogP) is 3.81. The number of hydrogen-bond acceptors (Lipinski definition) is 0. The highest BCUT2D eigenvalue weighted by Crippen LogP contribution is 2.15. The molecule has 0 radical (unpaired) electrons. The molecule has 0 unspecified atom stereocenters. The van der Waals surface area contributed by atoms with E-state index < -0.39 is 0 Å². The fraction of sp³-hybridized carbons (Fsp3) is 0.333. The van der Waals surface area contributed by atoms with Gasteiger partial charge in [0.25, 0.3) is 0 Å². The van der Waals surface area contributed by atoms with Crippen LogP contribution in [0.5, 0.6) is 0 Å². The van der Waals surface area contributed by atoms with E-state index in [4.69, 9.17) is 0 Å². The minimum Gasteiger partial charge on any atom is -0.0988 e. The molecule has 0 aromatic heterocycles. The van der Waals surface area contributed by atoms with Gasteiger partial charge in [0, 0.05) is 4.48 Å². The predicted molar refractivity (Wildman–Crippen MR) is 51.3 cm³/mol. The average molecular weight is 201 g/mol. The van der Waals surface area contributed by atoms with Gasteiger partial charge in [-0.25, -0.2) is 0 Å². The Labute approximate surface area is 71.5 Å². The topological polar surface area (TPSA) is 0 Å². The van der Waals surface area contributed by atoms with Crippen molar-refractivity contribution in [2.24, 2.45) is 0 Å². The number of rotatable bonds is 2. The summed E-state index contributed by atoms with van der Waals surface area (Å²) in [4.78, 5) is 0. The van der Waals surface area contributed by atoms with Gasteiger partial charge in [0.2, 0.25) is 0 Å². The summed E-state index contributed by atoms with van der Waals surface area (Å²) < 4.78 is 1.11. The molecular weight excluding hydrogens is 188 g/mol. The summed E-state index contributed by atoms with van der Waals surface area (Å²) in [5.41, 5.74) is 2.45. The van der Waals surface area contributed by atoms with Crippen molar-refractivity contribution in [1.82, 2.24) is 0 Å². The summed E-state index contributed by atoms with van der Waals surface area (Å²) in [5, 5.41) is 0. The average Bonchev–Trinajstić information content (AvgIpc) is 1.85. The van der Waals surface area contributed by atoms with Gasteiger partial charge in [-0.05, 0) is 32.4 Å². The quantitative estimate of drug-likeness (QED) is 0.596. The normalized spacial score (nSPS) is 12.0. The Morgan fingerprint density at radius 1 is 1.30 bits per heavy atom. The van der Waals surface area contributed by atoms with Crippen LogP contribution in [0.4, 0.5) is 0 Å². The van der Waals surface area contributed by atoms with E-state index in [2.05, 4.69) is 42.4 Å². The molecule has 0 bridgehead atoms. The van der Waals surface area contributed by atoms with Gasteiger partial charge in [-0.1, -0.05) is 34.2 Å². The zero-order valence-corrected chi connectivity index (χ0v) is 8.33. The molecule has 0 saturated heterocycles. The summed E-state index contributed by atoms with van der Waals surface area (Å²) in [5.74, 6) is 0. The van der Waals surface area contributed by atoms with Crippen molar-refractivity contribution in [2.75, 3.05) is 0 Å². The molecule has 0 atom stereocenters. The zero-order valence-electron chi connectivity index (χ0n) is 6.74. The maximum atomic E-state index is 3.67. The van der Waals surface area contributed by atoms with Crippen LogP contribution in [0, 0.1) is 0 Å². The van der Waals surface area contributed by atoms with Crippen LogP contribution < -0.4 is 0 Å². The molecule has 56 valence electrons. The maximum absolute atomic E-state index is 3.67. The molecular formula is C9H13Br. The van der Waals surface area contributed by atoms with Crippen molar-refractivity contribution in [3.05, 3.63) is 34.4 Å². The summed E-state index contributed by atoms with van der Waals surface area (Å²) in [6, 6.07) is 0. The van der Waals surface area contributed by atoms with Gasteiger partial charge in [0.1, 0.15) is 0 Å². The zero-order chi connectivity index (χ0) is 8.15. The lowest BCUT2D eigenvalue weighted by molar-refractivity contribution is 1.38. The van der Waals surface area contributed by atoms with E-state index in [-0.39, 0.29) is 0 Å². The van der Waals surface area contributed by atoms with Crippen LogP contribution in [-0.2, 0) is 0 Å². The summed E-state index contributed by atoms with van der Waals surface area (Å²) >= 11 is 3.44. The van der Waals surface area contributed by atoms with Gasteiger partial charge in [0.15, 0.2) is 0 Å². The second-order valence-electron chi connectivity index (χ2n) is 2.46. The van der Waals surface area contributed by atoms with E-state index in [0.29, 0.717) is 0 Å². The second-order valence-corrected chi connectivity index (χ2v) is 3.31. The molecule has 0 heterocycles. The van der Waals surface area contributed by atoms with Gasteiger partial charge in [-0.15, -0.1) is 0 Å².